The number of methoxy groups -OCH3 is 1. The fourth-order valence-electron chi connectivity index (χ4n) is 0.671. The minimum atomic E-state index is -0.989. The molecule has 0 fully saturated rings. The van der Waals surface area contributed by atoms with Gasteiger partial charge in [0.1, 0.15) is 6.61 Å². The van der Waals surface area contributed by atoms with Gasteiger partial charge in [0.15, 0.2) is 0 Å². The summed E-state index contributed by atoms with van der Waals surface area (Å²) in [5, 5.41) is 10.8. The van der Waals surface area contributed by atoms with Crippen LogP contribution in [0.2, 0.25) is 0 Å². The number of rotatable bonds is 7. The fourth-order valence-corrected chi connectivity index (χ4v) is 0.671. The van der Waals surface area contributed by atoms with Crippen LogP contribution in [0.25, 0.3) is 0 Å². The van der Waals surface area contributed by atoms with E-state index in [9.17, 15) is 14.4 Å². The summed E-state index contributed by atoms with van der Waals surface area (Å²) in [7, 11) is 1.19. The first-order chi connectivity index (χ1) is 7.56. The van der Waals surface area contributed by atoms with Crippen molar-refractivity contribution in [1.82, 2.24) is 5.32 Å². The van der Waals surface area contributed by atoms with Gasteiger partial charge in [-0.3, -0.25) is 4.79 Å². The Morgan fingerprint density at radius 2 is 1.88 bits per heavy atom. The molecule has 0 aromatic carbocycles. The lowest BCUT2D eigenvalue weighted by Gasteiger charge is -2.01. The van der Waals surface area contributed by atoms with Crippen molar-refractivity contribution >= 4 is 17.9 Å². The number of aliphatic carboxylic acids is 1. The summed E-state index contributed by atoms with van der Waals surface area (Å²) in [6, 6.07) is 0. The Bertz CT molecular complexity index is 286. The van der Waals surface area contributed by atoms with E-state index in [0.717, 1.165) is 12.2 Å². The lowest BCUT2D eigenvalue weighted by atomic mass is 10.5. The second-order valence-corrected chi connectivity index (χ2v) is 2.59. The van der Waals surface area contributed by atoms with E-state index in [2.05, 4.69) is 14.8 Å². The normalized spacial score (nSPS) is 10.1. The molecule has 16 heavy (non-hydrogen) atoms. The molecule has 0 unspecified atom stereocenters. The van der Waals surface area contributed by atoms with Crippen LogP contribution in [0.1, 0.15) is 0 Å². The Morgan fingerprint density at radius 3 is 2.44 bits per heavy atom. The molecule has 0 aromatic rings. The molecule has 0 bridgehead atoms. The van der Waals surface area contributed by atoms with E-state index in [4.69, 9.17) is 5.11 Å². The molecule has 0 aliphatic carbocycles. The van der Waals surface area contributed by atoms with Crippen molar-refractivity contribution < 1.29 is 29.0 Å². The van der Waals surface area contributed by atoms with E-state index >= 15 is 0 Å². The zero-order chi connectivity index (χ0) is 12.4. The Morgan fingerprint density at radius 1 is 1.25 bits per heavy atom. The third-order valence-electron chi connectivity index (χ3n) is 1.36. The quantitative estimate of drug-likeness (QED) is 0.327. The van der Waals surface area contributed by atoms with Gasteiger partial charge in [-0.15, -0.1) is 0 Å². The van der Waals surface area contributed by atoms with Crippen LogP contribution in [-0.4, -0.2) is 49.8 Å². The number of hydrogen-bond donors (Lipinski definition) is 2. The maximum atomic E-state index is 10.9. The number of nitrogens with one attached hydrogen (secondary N) is 1. The van der Waals surface area contributed by atoms with E-state index in [1.165, 1.54) is 7.11 Å². The van der Waals surface area contributed by atoms with Gasteiger partial charge >= 0.3 is 17.9 Å². The molecular formula is C9H13NO6. The number of carboxylic acids is 1. The zero-order valence-electron chi connectivity index (χ0n) is 8.76. The second-order valence-electron chi connectivity index (χ2n) is 2.59. The summed E-state index contributed by atoms with van der Waals surface area (Å²) in [5.41, 5.74) is 0. The highest BCUT2D eigenvalue weighted by Gasteiger charge is 1.99. The summed E-state index contributed by atoms with van der Waals surface area (Å²) in [4.78, 5) is 31.5. The van der Waals surface area contributed by atoms with Crippen LogP contribution in [0.5, 0.6) is 0 Å². The SMILES string of the molecule is COC(=O)C=CC(=O)OCCNCC(=O)O. The first kappa shape index (κ1) is 14.1. The van der Waals surface area contributed by atoms with Gasteiger partial charge in [0.05, 0.1) is 13.7 Å². The van der Waals surface area contributed by atoms with Crippen molar-refractivity contribution in [2.45, 2.75) is 0 Å². The molecule has 0 radical (unpaired) electrons. The Balaban J connectivity index is 3.55. The van der Waals surface area contributed by atoms with Crippen LogP contribution >= 0.6 is 0 Å². The highest BCUT2D eigenvalue weighted by atomic mass is 16.5. The van der Waals surface area contributed by atoms with Gasteiger partial charge in [-0.2, -0.15) is 0 Å². The van der Waals surface area contributed by atoms with Crippen molar-refractivity contribution in [2.24, 2.45) is 0 Å². The van der Waals surface area contributed by atoms with Crippen molar-refractivity contribution in [1.29, 1.82) is 0 Å². The van der Waals surface area contributed by atoms with Gasteiger partial charge < -0.3 is 19.9 Å². The van der Waals surface area contributed by atoms with Crippen LogP contribution in [0.3, 0.4) is 0 Å². The molecule has 0 spiro atoms. The fraction of sp³-hybridized carbons (Fsp3) is 0.444. The average Bonchev–Trinajstić information content (AvgIpc) is 2.24. The molecular weight excluding hydrogens is 218 g/mol. The number of ether oxygens (including phenoxy) is 2. The molecule has 7 heteroatoms. The van der Waals surface area contributed by atoms with Gasteiger partial charge in [-0.1, -0.05) is 0 Å². The molecule has 0 saturated carbocycles. The minimum absolute atomic E-state index is 0.0254. The molecule has 0 rings (SSSR count). The third-order valence-corrected chi connectivity index (χ3v) is 1.36. The summed E-state index contributed by atoms with van der Waals surface area (Å²) >= 11 is 0. The average molecular weight is 231 g/mol. The van der Waals surface area contributed by atoms with Crippen molar-refractivity contribution in [3.8, 4) is 0 Å². The number of carbonyl (C=O) groups is 3. The smallest absolute Gasteiger partial charge is 0.331 e. The standard InChI is InChI=1S/C9H13NO6/c1-15-8(13)2-3-9(14)16-5-4-10-6-7(11)12/h2-3,10H,4-6H2,1H3,(H,11,12). The lowest BCUT2D eigenvalue weighted by molar-refractivity contribution is -0.139. The van der Waals surface area contributed by atoms with E-state index < -0.39 is 17.9 Å². The first-order valence-electron chi connectivity index (χ1n) is 4.41. The third kappa shape index (κ3) is 8.70. The van der Waals surface area contributed by atoms with Crippen LogP contribution in [0.15, 0.2) is 12.2 Å². The molecule has 90 valence electrons. The number of carbonyl (C=O) groups excluding carboxylic acids is 2. The molecule has 0 aliphatic rings. The van der Waals surface area contributed by atoms with E-state index in [-0.39, 0.29) is 19.7 Å². The lowest BCUT2D eigenvalue weighted by Crippen LogP contribution is -2.26. The van der Waals surface area contributed by atoms with Crippen molar-refractivity contribution in [3.05, 3.63) is 12.2 Å². The molecule has 0 saturated heterocycles. The summed E-state index contributed by atoms with van der Waals surface area (Å²) in [6.45, 7) is 0.0529. The predicted molar refractivity (Wildman–Crippen MR) is 52.6 cm³/mol. The van der Waals surface area contributed by atoms with E-state index in [0.29, 0.717) is 0 Å². The monoisotopic (exact) mass is 231 g/mol. The maximum absolute atomic E-state index is 10.9. The van der Waals surface area contributed by atoms with Crippen molar-refractivity contribution in [2.75, 3.05) is 26.8 Å². The summed E-state index contributed by atoms with van der Waals surface area (Å²) in [5.74, 6) is -2.33. The summed E-state index contributed by atoms with van der Waals surface area (Å²) in [6.07, 6.45) is 1.87. The van der Waals surface area contributed by atoms with Crippen molar-refractivity contribution in [3.63, 3.8) is 0 Å². The minimum Gasteiger partial charge on any atom is -0.480 e. The first-order valence-corrected chi connectivity index (χ1v) is 4.41. The number of hydrogen-bond acceptors (Lipinski definition) is 6. The topological polar surface area (TPSA) is 102 Å². The molecule has 0 atom stereocenters. The molecule has 0 aliphatic heterocycles. The van der Waals surface area contributed by atoms with Gasteiger partial charge in [0.2, 0.25) is 0 Å². The molecule has 7 nitrogen and oxygen atoms in total. The van der Waals surface area contributed by atoms with Crippen LogP contribution in [0.4, 0.5) is 0 Å². The largest absolute Gasteiger partial charge is 0.480 e. The zero-order valence-corrected chi connectivity index (χ0v) is 8.76. The Labute approximate surface area is 92.0 Å². The van der Waals surface area contributed by atoms with Gasteiger partial charge in [0, 0.05) is 18.7 Å². The summed E-state index contributed by atoms with van der Waals surface area (Å²) < 4.78 is 8.89. The van der Waals surface area contributed by atoms with E-state index in [1.807, 2.05) is 0 Å². The molecule has 0 aromatic heterocycles. The highest BCUT2D eigenvalue weighted by Crippen LogP contribution is 1.83. The second kappa shape index (κ2) is 8.42. The van der Waals surface area contributed by atoms with Gasteiger partial charge in [-0.05, 0) is 0 Å². The van der Waals surface area contributed by atoms with Crippen LogP contribution in [0, 0.1) is 0 Å². The van der Waals surface area contributed by atoms with Crippen LogP contribution in [-0.2, 0) is 23.9 Å². The van der Waals surface area contributed by atoms with Crippen LogP contribution < -0.4 is 5.32 Å². The Hall–Kier alpha value is -1.89. The van der Waals surface area contributed by atoms with E-state index in [1.54, 1.807) is 0 Å². The molecule has 2 N–H and O–H groups in total. The maximum Gasteiger partial charge on any atom is 0.331 e. The van der Waals surface area contributed by atoms with Gasteiger partial charge in [-0.25, -0.2) is 9.59 Å². The number of carboxylic acid groups (broad SMARTS) is 1. The Kier molecular flexibility index (Phi) is 7.43. The molecule has 0 heterocycles. The van der Waals surface area contributed by atoms with Gasteiger partial charge in [0.25, 0.3) is 0 Å². The number of esters is 2. The predicted octanol–water partition coefficient (Wildman–Crippen LogP) is -1.07. The highest BCUT2D eigenvalue weighted by molar-refractivity contribution is 5.91. The molecule has 0 amide bonds.